The Hall–Kier alpha value is -2.38. The number of carboxylic acid groups (broad SMARTS) is 2. The quantitative estimate of drug-likeness (QED) is 0.131. The molecule has 2 N–H and O–H groups in total. The topological polar surface area (TPSA) is 127 Å². The van der Waals surface area contributed by atoms with Crippen LogP contribution in [0.25, 0.3) is 0 Å². The molecular weight excluding hydrogens is 440 g/mol. The van der Waals surface area contributed by atoms with Crippen LogP contribution in [-0.4, -0.2) is 47.3 Å². The van der Waals surface area contributed by atoms with E-state index in [0.29, 0.717) is 12.8 Å². The van der Waals surface area contributed by atoms with Crippen LogP contribution in [-0.2, 0) is 28.7 Å². The predicted molar refractivity (Wildman–Crippen MR) is 129 cm³/mol. The average Bonchev–Trinajstić information content (AvgIpc) is 2.79. The van der Waals surface area contributed by atoms with Crippen molar-refractivity contribution in [3.05, 3.63) is 11.1 Å². The lowest BCUT2D eigenvalue weighted by atomic mass is 9.88. The van der Waals surface area contributed by atoms with Crippen LogP contribution in [0.1, 0.15) is 105 Å². The number of aliphatic carboxylic acids is 2. The van der Waals surface area contributed by atoms with Gasteiger partial charge < -0.3 is 19.7 Å². The molecule has 0 aliphatic carbocycles. The minimum atomic E-state index is -1.57. The van der Waals surface area contributed by atoms with Crippen LogP contribution in [0.4, 0.5) is 0 Å². The standard InChI is InChI=1S/C26H44O8/c1-5-7-9-11-13-15-17-33-25(31)19(3)21(23(27)28)22(24(29)30)20(4)26(32)34-18-16-14-12-10-8-6-2/h19-20H,5-18H2,1-4H3,(H,27,28)(H,29,30). The Kier molecular flexibility index (Phi) is 17.7. The van der Waals surface area contributed by atoms with E-state index < -0.39 is 46.9 Å². The number of carboxylic acids is 2. The molecule has 0 heterocycles. The molecule has 0 aromatic carbocycles. The maximum Gasteiger partial charge on any atom is 0.333 e. The van der Waals surface area contributed by atoms with Crippen LogP contribution < -0.4 is 0 Å². The monoisotopic (exact) mass is 484 g/mol. The summed E-state index contributed by atoms with van der Waals surface area (Å²) in [4.78, 5) is 48.7. The van der Waals surface area contributed by atoms with Gasteiger partial charge in [0.15, 0.2) is 0 Å². The van der Waals surface area contributed by atoms with Gasteiger partial charge in [-0.2, -0.15) is 0 Å². The SMILES string of the molecule is CCCCCCCCOC(=O)C(C)C(C(=O)O)=C(C(=O)O)C(C)C(=O)OCCCCCCCC. The molecule has 0 bridgehead atoms. The molecule has 0 aliphatic rings. The summed E-state index contributed by atoms with van der Waals surface area (Å²) in [7, 11) is 0. The Bertz CT molecular complexity index is 612. The molecule has 0 aromatic heterocycles. The molecular formula is C26H44O8. The van der Waals surface area contributed by atoms with Crippen molar-refractivity contribution in [2.75, 3.05) is 13.2 Å². The van der Waals surface area contributed by atoms with Gasteiger partial charge >= 0.3 is 23.9 Å². The summed E-state index contributed by atoms with van der Waals surface area (Å²) in [6.45, 7) is 7.09. The molecule has 2 atom stereocenters. The zero-order chi connectivity index (χ0) is 25.9. The highest BCUT2D eigenvalue weighted by molar-refractivity contribution is 6.05. The first-order valence-corrected chi connectivity index (χ1v) is 12.7. The van der Waals surface area contributed by atoms with Crippen molar-refractivity contribution in [2.45, 2.75) is 105 Å². The first-order valence-electron chi connectivity index (χ1n) is 12.7. The van der Waals surface area contributed by atoms with E-state index in [1.54, 1.807) is 0 Å². The van der Waals surface area contributed by atoms with Crippen molar-refractivity contribution in [1.82, 2.24) is 0 Å². The van der Waals surface area contributed by atoms with Crippen LogP contribution in [0.15, 0.2) is 11.1 Å². The Morgan fingerprint density at radius 3 is 1.15 bits per heavy atom. The summed E-state index contributed by atoms with van der Waals surface area (Å²) < 4.78 is 10.4. The van der Waals surface area contributed by atoms with Gasteiger partial charge in [-0.3, -0.25) is 9.59 Å². The van der Waals surface area contributed by atoms with Crippen molar-refractivity contribution < 1.29 is 38.9 Å². The van der Waals surface area contributed by atoms with Crippen molar-refractivity contribution in [3.8, 4) is 0 Å². The third-order valence-corrected chi connectivity index (χ3v) is 5.81. The predicted octanol–water partition coefficient (Wildman–Crippen LogP) is 5.53. The van der Waals surface area contributed by atoms with Crippen LogP contribution in [0.3, 0.4) is 0 Å². The zero-order valence-electron chi connectivity index (χ0n) is 21.4. The smallest absolute Gasteiger partial charge is 0.333 e. The molecule has 0 amide bonds. The van der Waals surface area contributed by atoms with E-state index in [2.05, 4.69) is 13.8 Å². The van der Waals surface area contributed by atoms with Crippen LogP contribution in [0.5, 0.6) is 0 Å². The van der Waals surface area contributed by atoms with Gasteiger partial charge in [0, 0.05) is 0 Å². The summed E-state index contributed by atoms with van der Waals surface area (Å²) in [5.74, 6) is -7.46. The Morgan fingerprint density at radius 2 is 0.853 bits per heavy atom. The van der Waals surface area contributed by atoms with Gasteiger partial charge in [-0.15, -0.1) is 0 Å². The Labute approximate surface area is 204 Å². The summed E-state index contributed by atoms with van der Waals surface area (Å²) in [6, 6.07) is 0. The second-order valence-electron chi connectivity index (χ2n) is 8.75. The molecule has 0 fully saturated rings. The lowest BCUT2D eigenvalue weighted by Crippen LogP contribution is -2.30. The number of ether oxygens (including phenoxy) is 2. The fourth-order valence-electron chi connectivity index (χ4n) is 3.66. The number of carbonyl (C=O) groups excluding carboxylic acids is 2. The van der Waals surface area contributed by atoms with E-state index in [0.717, 1.165) is 64.2 Å². The van der Waals surface area contributed by atoms with Gasteiger partial charge in [0.25, 0.3) is 0 Å². The van der Waals surface area contributed by atoms with E-state index in [1.165, 1.54) is 13.8 Å². The molecule has 0 saturated carbocycles. The molecule has 2 unspecified atom stereocenters. The molecule has 0 spiro atoms. The van der Waals surface area contributed by atoms with E-state index in [1.807, 2.05) is 0 Å². The molecule has 0 rings (SSSR count). The molecule has 8 nitrogen and oxygen atoms in total. The largest absolute Gasteiger partial charge is 0.478 e. The highest BCUT2D eigenvalue weighted by Crippen LogP contribution is 2.25. The van der Waals surface area contributed by atoms with Gasteiger partial charge in [0.1, 0.15) is 0 Å². The lowest BCUT2D eigenvalue weighted by molar-refractivity contribution is -0.151. The van der Waals surface area contributed by atoms with Gasteiger partial charge in [0.2, 0.25) is 0 Å². The minimum Gasteiger partial charge on any atom is -0.478 e. The van der Waals surface area contributed by atoms with Crippen molar-refractivity contribution in [1.29, 1.82) is 0 Å². The van der Waals surface area contributed by atoms with Crippen molar-refractivity contribution >= 4 is 23.9 Å². The second-order valence-corrected chi connectivity index (χ2v) is 8.75. The van der Waals surface area contributed by atoms with Crippen LogP contribution >= 0.6 is 0 Å². The maximum atomic E-state index is 12.4. The van der Waals surface area contributed by atoms with Crippen molar-refractivity contribution in [3.63, 3.8) is 0 Å². The lowest BCUT2D eigenvalue weighted by Gasteiger charge is -2.19. The third-order valence-electron chi connectivity index (χ3n) is 5.81. The minimum absolute atomic E-state index is 0.139. The Balaban J connectivity index is 5.06. The summed E-state index contributed by atoms with van der Waals surface area (Å²) in [5.41, 5.74) is -1.30. The first-order chi connectivity index (χ1) is 16.2. The number of unbranched alkanes of at least 4 members (excludes halogenated alkanes) is 10. The first kappa shape index (κ1) is 31.6. The fraction of sp³-hybridized carbons (Fsp3) is 0.769. The molecule has 0 saturated heterocycles. The highest BCUT2D eigenvalue weighted by Gasteiger charge is 2.36. The molecule has 0 radical (unpaired) electrons. The van der Waals surface area contributed by atoms with E-state index in [-0.39, 0.29) is 13.2 Å². The van der Waals surface area contributed by atoms with Crippen LogP contribution in [0, 0.1) is 11.8 Å². The normalized spacial score (nSPS) is 13.5. The van der Waals surface area contributed by atoms with Crippen LogP contribution in [0.2, 0.25) is 0 Å². The fourth-order valence-corrected chi connectivity index (χ4v) is 3.66. The number of hydrogen-bond acceptors (Lipinski definition) is 6. The van der Waals surface area contributed by atoms with Gasteiger partial charge in [-0.05, 0) is 26.7 Å². The highest BCUT2D eigenvalue weighted by atomic mass is 16.5. The molecule has 0 aliphatic heterocycles. The average molecular weight is 485 g/mol. The molecule has 196 valence electrons. The summed E-state index contributed by atoms with van der Waals surface area (Å²) >= 11 is 0. The number of hydrogen-bond donors (Lipinski definition) is 2. The third kappa shape index (κ3) is 12.8. The van der Waals surface area contributed by atoms with Gasteiger partial charge in [-0.25, -0.2) is 9.59 Å². The number of carbonyl (C=O) groups is 4. The van der Waals surface area contributed by atoms with Gasteiger partial charge in [0.05, 0.1) is 36.2 Å². The number of esters is 2. The zero-order valence-corrected chi connectivity index (χ0v) is 21.4. The summed E-state index contributed by atoms with van der Waals surface area (Å²) in [5, 5.41) is 19.3. The summed E-state index contributed by atoms with van der Waals surface area (Å²) in [6.07, 6.45) is 12.0. The van der Waals surface area contributed by atoms with E-state index in [4.69, 9.17) is 9.47 Å². The second kappa shape index (κ2) is 19.0. The molecule has 8 heteroatoms. The number of rotatable bonds is 20. The Morgan fingerprint density at radius 1 is 0.559 bits per heavy atom. The maximum absolute atomic E-state index is 12.4. The molecule has 0 aromatic rings. The van der Waals surface area contributed by atoms with Gasteiger partial charge in [-0.1, -0.05) is 78.1 Å². The van der Waals surface area contributed by atoms with E-state index >= 15 is 0 Å². The molecule has 34 heavy (non-hydrogen) atoms. The van der Waals surface area contributed by atoms with E-state index in [9.17, 15) is 29.4 Å². The van der Waals surface area contributed by atoms with Crippen molar-refractivity contribution in [2.24, 2.45) is 11.8 Å².